The van der Waals surface area contributed by atoms with Crippen LogP contribution in [0.4, 0.5) is 0 Å². The molecule has 5 heteroatoms. The van der Waals surface area contributed by atoms with Gasteiger partial charge in [-0.3, -0.25) is 0 Å². The second-order valence-corrected chi connectivity index (χ2v) is 3.66. The van der Waals surface area contributed by atoms with Crippen molar-refractivity contribution in [2.24, 2.45) is 0 Å². The lowest BCUT2D eigenvalue weighted by molar-refractivity contribution is 0.0600. The molecule has 0 spiro atoms. The molecule has 0 amide bonds. The number of carbonyl (C=O) groups excluding carboxylic acids is 1. The van der Waals surface area contributed by atoms with Crippen LogP contribution in [0.25, 0.3) is 0 Å². The van der Waals surface area contributed by atoms with Crippen molar-refractivity contribution in [2.45, 2.75) is 11.8 Å². The van der Waals surface area contributed by atoms with Crippen molar-refractivity contribution >= 4 is 17.0 Å². The van der Waals surface area contributed by atoms with Crippen LogP contribution in [0.1, 0.15) is 15.9 Å². The van der Waals surface area contributed by atoms with Crippen LogP contribution in [0.5, 0.6) is 0 Å². The number of aryl methyl sites for hydroxylation is 1. The first-order chi connectivity index (χ1) is 6.56. The van der Waals surface area contributed by atoms with E-state index >= 15 is 0 Å². The third-order valence-corrected chi connectivity index (χ3v) is 2.61. The van der Waals surface area contributed by atoms with Gasteiger partial charge in [0.1, 0.15) is 0 Å². The molecule has 1 rings (SSSR count). The fourth-order valence-corrected chi connectivity index (χ4v) is 1.60. The Hall–Kier alpha value is -1.20. The summed E-state index contributed by atoms with van der Waals surface area (Å²) in [5.41, 5.74) is 0.939. The lowest BCUT2D eigenvalue weighted by Gasteiger charge is -2.03. The van der Waals surface area contributed by atoms with Gasteiger partial charge in [-0.15, -0.1) is 0 Å². The summed E-state index contributed by atoms with van der Waals surface area (Å²) in [6.07, 6.45) is 0. The average molecular weight is 214 g/mol. The van der Waals surface area contributed by atoms with Gasteiger partial charge < -0.3 is 9.29 Å². The fraction of sp³-hybridized carbons (Fsp3) is 0.222. The van der Waals surface area contributed by atoms with Gasteiger partial charge in [0.15, 0.2) is 11.1 Å². The zero-order valence-electron chi connectivity index (χ0n) is 7.81. The van der Waals surface area contributed by atoms with Crippen molar-refractivity contribution in [3.8, 4) is 0 Å². The van der Waals surface area contributed by atoms with Crippen molar-refractivity contribution < 1.29 is 18.3 Å². The second-order valence-electron chi connectivity index (χ2n) is 2.72. The molecule has 0 fully saturated rings. The van der Waals surface area contributed by atoms with Gasteiger partial charge in [-0.1, -0.05) is 6.07 Å². The van der Waals surface area contributed by atoms with Gasteiger partial charge in [0.2, 0.25) is 0 Å². The monoisotopic (exact) mass is 214 g/mol. The van der Waals surface area contributed by atoms with E-state index in [9.17, 15) is 9.00 Å². The molecule has 4 nitrogen and oxygen atoms in total. The van der Waals surface area contributed by atoms with E-state index in [0.29, 0.717) is 5.56 Å². The van der Waals surface area contributed by atoms with Gasteiger partial charge in [-0.2, -0.15) is 0 Å². The first-order valence-electron chi connectivity index (χ1n) is 3.86. The van der Waals surface area contributed by atoms with Gasteiger partial charge in [-0.25, -0.2) is 9.00 Å². The summed E-state index contributed by atoms with van der Waals surface area (Å²) in [5, 5.41) is 0. The predicted octanol–water partition coefficient (Wildman–Crippen LogP) is 1.36. The van der Waals surface area contributed by atoms with Gasteiger partial charge in [0.25, 0.3) is 0 Å². The van der Waals surface area contributed by atoms with Crippen LogP contribution in [-0.4, -0.2) is 21.8 Å². The molecule has 0 radical (unpaired) electrons. The highest BCUT2D eigenvalue weighted by Crippen LogP contribution is 2.14. The van der Waals surface area contributed by atoms with Crippen LogP contribution >= 0.6 is 0 Å². The highest BCUT2D eigenvalue weighted by atomic mass is 32.2. The number of rotatable bonds is 2. The molecule has 1 N–H and O–H groups in total. The molecular formula is C9H10O4S. The molecule has 0 aromatic heterocycles. The van der Waals surface area contributed by atoms with Crippen LogP contribution < -0.4 is 0 Å². The predicted molar refractivity (Wildman–Crippen MR) is 51.6 cm³/mol. The molecule has 1 aromatic rings. The Kier molecular flexibility index (Phi) is 3.38. The number of carbonyl (C=O) groups is 1. The summed E-state index contributed by atoms with van der Waals surface area (Å²) in [5.74, 6) is -0.517. The minimum Gasteiger partial charge on any atom is -0.465 e. The SMILES string of the molecule is COC(=O)c1ccc(C)c(S(=O)O)c1. The van der Waals surface area contributed by atoms with Crippen LogP contribution in [0.2, 0.25) is 0 Å². The van der Waals surface area contributed by atoms with Crippen LogP contribution in [0, 0.1) is 6.92 Å². The first-order valence-corrected chi connectivity index (χ1v) is 4.96. The van der Waals surface area contributed by atoms with E-state index in [1.165, 1.54) is 13.2 Å². The van der Waals surface area contributed by atoms with E-state index in [1.807, 2.05) is 0 Å². The lowest BCUT2D eigenvalue weighted by Crippen LogP contribution is -2.03. The number of methoxy groups -OCH3 is 1. The smallest absolute Gasteiger partial charge is 0.337 e. The third kappa shape index (κ3) is 2.18. The zero-order chi connectivity index (χ0) is 10.7. The maximum absolute atomic E-state index is 11.1. The van der Waals surface area contributed by atoms with Crippen molar-refractivity contribution in [1.82, 2.24) is 0 Å². The molecule has 0 aliphatic carbocycles. The summed E-state index contributed by atoms with van der Waals surface area (Å²) in [6.45, 7) is 1.70. The maximum Gasteiger partial charge on any atom is 0.337 e. The van der Waals surface area contributed by atoms with Crippen molar-refractivity contribution in [2.75, 3.05) is 7.11 Å². The number of hydrogen-bond donors (Lipinski definition) is 1. The van der Waals surface area contributed by atoms with E-state index in [4.69, 9.17) is 4.55 Å². The highest BCUT2D eigenvalue weighted by Gasteiger charge is 2.10. The summed E-state index contributed by atoms with van der Waals surface area (Å²) >= 11 is -2.08. The Morgan fingerprint density at radius 1 is 1.50 bits per heavy atom. The molecular weight excluding hydrogens is 204 g/mol. The summed E-state index contributed by atoms with van der Waals surface area (Å²) < 4.78 is 24.2. The summed E-state index contributed by atoms with van der Waals surface area (Å²) in [7, 11) is 1.26. The molecule has 1 aromatic carbocycles. The second kappa shape index (κ2) is 4.34. The minimum absolute atomic E-state index is 0.230. The van der Waals surface area contributed by atoms with E-state index in [2.05, 4.69) is 4.74 Å². The molecule has 0 aliphatic heterocycles. The molecule has 0 heterocycles. The Morgan fingerprint density at radius 2 is 2.14 bits per heavy atom. The molecule has 0 bridgehead atoms. The summed E-state index contributed by atoms with van der Waals surface area (Å²) in [4.78, 5) is 11.3. The quantitative estimate of drug-likeness (QED) is 0.596. The Labute approximate surface area is 84.2 Å². The number of benzene rings is 1. The van der Waals surface area contributed by atoms with Crippen LogP contribution in [-0.2, 0) is 15.8 Å². The lowest BCUT2D eigenvalue weighted by atomic mass is 10.1. The average Bonchev–Trinajstić information content (AvgIpc) is 2.17. The number of hydrogen-bond acceptors (Lipinski definition) is 3. The normalized spacial score (nSPS) is 12.2. The molecule has 14 heavy (non-hydrogen) atoms. The van der Waals surface area contributed by atoms with Crippen molar-refractivity contribution in [3.05, 3.63) is 29.3 Å². The van der Waals surface area contributed by atoms with Crippen molar-refractivity contribution in [3.63, 3.8) is 0 Å². The number of esters is 1. The Balaban J connectivity index is 3.19. The standard InChI is InChI=1S/C9H10O4S/c1-6-3-4-7(9(10)13-2)5-8(6)14(11)12/h3-5H,1-2H3,(H,11,12). The molecule has 1 unspecified atom stereocenters. The molecule has 76 valence electrons. The van der Waals surface area contributed by atoms with E-state index in [0.717, 1.165) is 0 Å². The van der Waals surface area contributed by atoms with Crippen molar-refractivity contribution in [1.29, 1.82) is 0 Å². The highest BCUT2D eigenvalue weighted by molar-refractivity contribution is 7.79. The third-order valence-electron chi connectivity index (χ3n) is 1.80. The van der Waals surface area contributed by atoms with Crippen LogP contribution in [0.15, 0.2) is 23.1 Å². The molecule has 0 aliphatic rings. The summed E-state index contributed by atoms with van der Waals surface area (Å²) in [6, 6.07) is 4.52. The topological polar surface area (TPSA) is 63.6 Å². The van der Waals surface area contributed by atoms with Crippen LogP contribution in [0.3, 0.4) is 0 Å². The van der Waals surface area contributed by atoms with Gasteiger partial charge in [0.05, 0.1) is 17.6 Å². The zero-order valence-corrected chi connectivity index (χ0v) is 8.63. The van der Waals surface area contributed by atoms with E-state index in [-0.39, 0.29) is 10.5 Å². The maximum atomic E-state index is 11.1. The Bertz CT molecular complexity index is 386. The van der Waals surface area contributed by atoms with Gasteiger partial charge in [0, 0.05) is 0 Å². The Morgan fingerprint density at radius 3 is 2.64 bits per heavy atom. The van der Waals surface area contributed by atoms with E-state index in [1.54, 1.807) is 19.1 Å². The molecule has 0 saturated carbocycles. The first kappa shape index (κ1) is 10.9. The van der Waals surface area contributed by atoms with Gasteiger partial charge >= 0.3 is 5.97 Å². The van der Waals surface area contributed by atoms with Gasteiger partial charge in [-0.05, 0) is 24.6 Å². The minimum atomic E-state index is -2.08. The molecule has 0 saturated heterocycles. The molecule has 1 atom stereocenters. The van der Waals surface area contributed by atoms with E-state index < -0.39 is 17.0 Å². The largest absolute Gasteiger partial charge is 0.465 e. The number of ether oxygens (including phenoxy) is 1. The fourth-order valence-electron chi connectivity index (χ4n) is 1.03.